The van der Waals surface area contributed by atoms with Gasteiger partial charge in [0, 0.05) is 54.8 Å². The van der Waals surface area contributed by atoms with Gasteiger partial charge in [0.15, 0.2) is 5.82 Å². The van der Waals surface area contributed by atoms with E-state index in [0.717, 1.165) is 36.8 Å². The minimum Gasteiger partial charge on any atom is -0.444 e. The van der Waals surface area contributed by atoms with E-state index in [4.69, 9.17) is 21.2 Å². The van der Waals surface area contributed by atoms with Crippen LogP contribution in [-0.2, 0) is 9.53 Å². The van der Waals surface area contributed by atoms with Crippen LogP contribution in [0.25, 0.3) is 5.57 Å². The van der Waals surface area contributed by atoms with Gasteiger partial charge in [-0.15, -0.1) is 0 Å². The molecule has 0 spiro atoms. The zero-order valence-electron chi connectivity index (χ0n) is 21.6. The van der Waals surface area contributed by atoms with Crippen LogP contribution in [-0.4, -0.2) is 57.8 Å². The topological polar surface area (TPSA) is 149 Å². The van der Waals surface area contributed by atoms with E-state index in [2.05, 4.69) is 15.3 Å². The standard InChI is InChI=1S/C27H35N7O3/c1-27(2,3)37-26(36)34-11-7-19(8-12-34)32-16-18-13-23(20(14-22(18)29)17-5-6-17)33-25(35)21(15-28)24-30-9-4-10-31-24/h4,9-10,13-17,19H,5-8,11-12,28-29H2,1-3H3,(H,33,35)/b21-15+,32-16?. The Kier molecular flexibility index (Phi) is 7.75. The largest absolute Gasteiger partial charge is 0.444 e. The molecule has 5 N–H and O–H groups in total. The first kappa shape index (κ1) is 26.1. The highest BCUT2D eigenvalue weighted by molar-refractivity contribution is 6.24. The first-order valence-corrected chi connectivity index (χ1v) is 12.6. The SMILES string of the molecule is CC(C)(C)OC(=O)N1CCC(N=Cc2cc(NC(=O)/C(=C/N)c3ncccn3)c(C3CC3)cc2N)CC1. The maximum atomic E-state index is 13.1. The highest BCUT2D eigenvalue weighted by atomic mass is 16.6. The summed E-state index contributed by atoms with van der Waals surface area (Å²) in [6, 6.07) is 5.53. The van der Waals surface area contributed by atoms with Gasteiger partial charge in [0.1, 0.15) is 5.60 Å². The maximum absolute atomic E-state index is 13.1. The molecule has 0 bridgehead atoms. The molecule has 1 saturated carbocycles. The molecule has 2 amide bonds. The second kappa shape index (κ2) is 11.0. The number of piperidine rings is 1. The molecule has 0 radical (unpaired) electrons. The lowest BCUT2D eigenvalue weighted by Crippen LogP contribution is -2.42. The predicted molar refractivity (Wildman–Crippen MR) is 144 cm³/mol. The van der Waals surface area contributed by atoms with Crippen molar-refractivity contribution in [3.8, 4) is 0 Å². The van der Waals surface area contributed by atoms with Crippen LogP contribution in [0, 0.1) is 0 Å². The quantitative estimate of drug-likeness (QED) is 0.308. The Labute approximate surface area is 217 Å². The van der Waals surface area contributed by atoms with E-state index in [1.165, 1.54) is 6.20 Å². The molecule has 2 heterocycles. The van der Waals surface area contributed by atoms with Gasteiger partial charge >= 0.3 is 6.09 Å². The number of aliphatic imine (C=N–C) groups is 1. The van der Waals surface area contributed by atoms with E-state index < -0.39 is 11.5 Å². The van der Waals surface area contributed by atoms with Crippen molar-refractivity contribution in [1.82, 2.24) is 14.9 Å². The van der Waals surface area contributed by atoms with E-state index in [1.54, 1.807) is 29.6 Å². The van der Waals surface area contributed by atoms with Gasteiger partial charge in [0.25, 0.3) is 5.91 Å². The number of nitrogens with two attached hydrogens (primary N) is 2. The third-order valence-corrected chi connectivity index (χ3v) is 6.28. The van der Waals surface area contributed by atoms with Gasteiger partial charge < -0.3 is 26.4 Å². The molecule has 1 saturated heterocycles. The van der Waals surface area contributed by atoms with Crippen molar-refractivity contribution in [1.29, 1.82) is 0 Å². The first-order chi connectivity index (χ1) is 17.6. The van der Waals surface area contributed by atoms with Crippen LogP contribution in [0.4, 0.5) is 16.2 Å². The van der Waals surface area contributed by atoms with E-state index in [-0.39, 0.29) is 23.5 Å². The number of carbonyl (C=O) groups excluding carboxylic acids is 2. The summed E-state index contributed by atoms with van der Waals surface area (Å²) in [6.07, 6.45) is 9.38. The Bertz CT molecular complexity index is 1190. The van der Waals surface area contributed by atoms with Crippen LogP contribution < -0.4 is 16.8 Å². The zero-order chi connectivity index (χ0) is 26.6. The molecule has 196 valence electrons. The van der Waals surface area contributed by atoms with Crippen molar-refractivity contribution in [3.05, 3.63) is 53.7 Å². The minimum absolute atomic E-state index is 0.0706. The second-order valence-corrected chi connectivity index (χ2v) is 10.4. The van der Waals surface area contributed by atoms with Crippen LogP contribution in [0.15, 0.2) is 41.8 Å². The van der Waals surface area contributed by atoms with Gasteiger partial charge in [-0.3, -0.25) is 9.79 Å². The number of carbonyl (C=O) groups is 2. The van der Waals surface area contributed by atoms with Crippen LogP contribution in [0.1, 0.15) is 69.3 Å². The van der Waals surface area contributed by atoms with Gasteiger partial charge in [-0.05, 0) is 76.1 Å². The van der Waals surface area contributed by atoms with Gasteiger partial charge in [0.2, 0.25) is 0 Å². The fraction of sp³-hybridized carbons (Fsp3) is 0.444. The highest BCUT2D eigenvalue weighted by Gasteiger charge is 2.29. The summed E-state index contributed by atoms with van der Waals surface area (Å²) in [5, 5.41) is 2.98. The molecule has 0 atom stereocenters. The molecule has 1 aromatic carbocycles. The number of nitrogens with zero attached hydrogens (tertiary/aromatic N) is 4. The van der Waals surface area contributed by atoms with E-state index in [9.17, 15) is 9.59 Å². The Balaban J connectivity index is 1.46. The monoisotopic (exact) mass is 505 g/mol. The molecular formula is C27H35N7O3. The fourth-order valence-electron chi connectivity index (χ4n) is 4.19. The molecule has 4 rings (SSSR count). The molecule has 10 heteroatoms. The molecular weight excluding hydrogens is 470 g/mol. The molecule has 1 aliphatic heterocycles. The summed E-state index contributed by atoms with van der Waals surface area (Å²) in [7, 11) is 0. The summed E-state index contributed by atoms with van der Waals surface area (Å²) in [4.78, 5) is 40.1. The number of nitrogen functional groups attached to an aromatic ring is 1. The van der Waals surface area contributed by atoms with Crippen LogP contribution in [0.2, 0.25) is 0 Å². The molecule has 10 nitrogen and oxygen atoms in total. The number of hydrogen-bond acceptors (Lipinski definition) is 8. The number of nitrogens with one attached hydrogen (secondary N) is 1. The van der Waals surface area contributed by atoms with Crippen LogP contribution in [0.3, 0.4) is 0 Å². The Morgan fingerprint density at radius 1 is 1.14 bits per heavy atom. The fourth-order valence-corrected chi connectivity index (χ4v) is 4.19. The highest BCUT2D eigenvalue weighted by Crippen LogP contribution is 2.45. The normalized spacial score (nSPS) is 17.2. The third kappa shape index (κ3) is 6.84. The molecule has 1 aliphatic carbocycles. The minimum atomic E-state index is -0.516. The number of likely N-dealkylation sites (tertiary alicyclic amines) is 1. The molecule has 2 fully saturated rings. The number of anilines is 2. The number of benzene rings is 1. The third-order valence-electron chi connectivity index (χ3n) is 6.28. The van der Waals surface area contributed by atoms with Crippen molar-refractivity contribution in [2.75, 3.05) is 24.1 Å². The molecule has 37 heavy (non-hydrogen) atoms. The van der Waals surface area contributed by atoms with Gasteiger partial charge in [-0.1, -0.05) is 0 Å². The van der Waals surface area contributed by atoms with E-state index >= 15 is 0 Å². The average Bonchev–Trinajstić information content (AvgIpc) is 3.70. The lowest BCUT2D eigenvalue weighted by atomic mass is 10.0. The lowest BCUT2D eigenvalue weighted by Gasteiger charge is -2.32. The molecule has 2 aliphatic rings. The number of hydrogen-bond donors (Lipinski definition) is 3. The van der Waals surface area contributed by atoms with Crippen molar-refractivity contribution in [3.63, 3.8) is 0 Å². The maximum Gasteiger partial charge on any atom is 0.410 e. The van der Waals surface area contributed by atoms with Crippen LogP contribution >= 0.6 is 0 Å². The predicted octanol–water partition coefficient (Wildman–Crippen LogP) is 3.69. The van der Waals surface area contributed by atoms with Crippen molar-refractivity contribution in [2.24, 2.45) is 10.7 Å². The lowest BCUT2D eigenvalue weighted by molar-refractivity contribution is -0.111. The van der Waals surface area contributed by atoms with Crippen molar-refractivity contribution >= 4 is 35.2 Å². The smallest absolute Gasteiger partial charge is 0.410 e. The number of amides is 2. The first-order valence-electron chi connectivity index (χ1n) is 12.6. The average molecular weight is 506 g/mol. The van der Waals surface area contributed by atoms with Gasteiger partial charge in [-0.2, -0.15) is 0 Å². The summed E-state index contributed by atoms with van der Waals surface area (Å²) >= 11 is 0. The van der Waals surface area contributed by atoms with Crippen molar-refractivity contribution in [2.45, 2.75) is 64.0 Å². The van der Waals surface area contributed by atoms with E-state index in [1.807, 2.05) is 32.9 Å². The summed E-state index contributed by atoms with van der Waals surface area (Å²) in [5.41, 5.74) is 14.8. The Morgan fingerprint density at radius 3 is 2.41 bits per heavy atom. The summed E-state index contributed by atoms with van der Waals surface area (Å²) in [5.74, 6) is 0.224. The zero-order valence-corrected chi connectivity index (χ0v) is 21.6. The van der Waals surface area contributed by atoms with Gasteiger partial charge in [0.05, 0.1) is 11.6 Å². The van der Waals surface area contributed by atoms with Gasteiger partial charge in [-0.25, -0.2) is 14.8 Å². The molecule has 0 unspecified atom stereocenters. The summed E-state index contributed by atoms with van der Waals surface area (Å²) < 4.78 is 5.47. The van der Waals surface area contributed by atoms with E-state index in [0.29, 0.717) is 30.4 Å². The molecule has 2 aromatic rings. The number of aromatic nitrogens is 2. The molecule has 1 aromatic heterocycles. The Morgan fingerprint density at radius 2 is 1.81 bits per heavy atom. The van der Waals surface area contributed by atoms with Crippen LogP contribution in [0.5, 0.6) is 0 Å². The number of rotatable bonds is 6. The Hall–Kier alpha value is -3.95. The van der Waals surface area contributed by atoms with Crippen molar-refractivity contribution < 1.29 is 14.3 Å². The number of ether oxygens (including phenoxy) is 1. The second-order valence-electron chi connectivity index (χ2n) is 10.4. The summed E-state index contributed by atoms with van der Waals surface area (Å²) in [6.45, 7) is 6.76.